The number of nitrogens with one attached hydrogen (secondary N) is 1. The van der Waals surface area contributed by atoms with Crippen LogP contribution in [0.25, 0.3) is 0 Å². The van der Waals surface area contributed by atoms with Crippen LogP contribution >= 0.6 is 0 Å². The van der Waals surface area contributed by atoms with E-state index in [9.17, 15) is 18.0 Å². The van der Waals surface area contributed by atoms with E-state index in [0.29, 0.717) is 24.2 Å². The lowest BCUT2D eigenvalue weighted by atomic mass is 9.92. The molecule has 3 rings (SSSR count). The van der Waals surface area contributed by atoms with Gasteiger partial charge in [-0.05, 0) is 36.8 Å². The van der Waals surface area contributed by atoms with Crippen LogP contribution in [0.5, 0.6) is 0 Å². The van der Waals surface area contributed by atoms with Gasteiger partial charge in [-0.25, -0.2) is 0 Å². The number of alkyl halides is 3. The number of ether oxygens (including phenoxy) is 1. The number of carbonyl (C=O) groups is 1. The van der Waals surface area contributed by atoms with Crippen molar-refractivity contribution in [3.63, 3.8) is 0 Å². The maximum absolute atomic E-state index is 12.6. The highest BCUT2D eigenvalue weighted by Crippen LogP contribution is 2.32. The van der Waals surface area contributed by atoms with Crippen molar-refractivity contribution in [1.82, 2.24) is 0 Å². The zero-order valence-electron chi connectivity index (χ0n) is 13.8. The van der Waals surface area contributed by atoms with E-state index in [1.165, 1.54) is 0 Å². The molecule has 0 saturated heterocycles. The molecule has 0 spiro atoms. The predicted octanol–water partition coefficient (Wildman–Crippen LogP) is 3.15. The number of amidine groups is 1. The van der Waals surface area contributed by atoms with E-state index in [2.05, 4.69) is 14.7 Å². The summed E-state index contributed by atoms with van der Waals surface area (Å²) in [5.41, 5.74) is 6.15. The number of nitrogens with zero attached hydrogens (tertiary/aromatic N) is 1. The van der Waals surface area contributed by atoms with E-state index in [1.54, 1.807) is 24.3 Å². The molecule has 1 atom stereocenters. The van der Waals surface area contributed by atoms with Crippen molar-refractivity contribution >= 4 is 17.4 Å². The first-order valence-electron chi connectivity index (χ1n) is 7.68. The average molecular weight is 367 g/mol. The highest BCUT2D eigenvalue weighted by atomic mass is 19.4. The molecule has 1 aliphatic heterocycles. The van der Waals surface area contributed by atoms with Crippen molar-refractivity contribution in [2.45, 2.75) is 18.6 Å². The minimum atomic E-state index is -4.65. The summed E-state index contributed by atoms with van der Waals surface area (Å²) in [5.74, 6) is -2.08. The molecule has 1 aromatic heterocycles. The lowest BCUT2D eigenvalue weighted by Crippen LogP contribution is -2.37. The fraction of sp³-hybridized carbons (Fsp3) is 0.294. The van der Waals surface area contributed by atoms with E-state index in [-0.39, 0.29) is 6.61 Å². The van der Waals surface area contributed by atoms with Gasteiger partial charge in [-0.2, -0.15) is 13.2 Å². The van der Waals surface area contributed by atoms with Gasteiger partial charge in [0.15, 0.2) is 5.76 Å². The van der Waals surface area contributed by atoms with E-state index in [1.807, 2.05) is 6.92 Å². The number of carbonyl (C=O) groups excluding carboxylic acids is 1. The third-order valence-electron chi connectivity index (χ3n) is 3.87. The van der Waals surface area contributed by atoms with E-state index in [0.717, 1.165) is 11.6 Å². The van der Waals surface area contributed by atoms with Gasteiger partial charge in [0.1, 0.15) is 18.0 Å². The number of hydrogen-bond donors (Lipinski definition) is 2. The summed E-state index contributed by atoms with van der Waals surface area (Å²) in [6.45, 7) is 2.41. The first-order chi connectivity index (χ1) is 12.2. The Morgan fingerprint density at radius 2 is 2.08 bits per heavy atom. The molecule has 1 amide bonds. The van der Waals surface area contributed by atoms with Gasteiger partial charge in [0, 0.05) is 5.69 Å². The topological polar surface area (TPSA) is 89.8 Å². The van der Waals surface area contributed by atoms with Crippen LogP contribution < -0.4 is 11.1 Å². The van der Waals surface area contributed by atoms with Gasteiger partial charge < -0.3 is 20.2 Å². The lowest BCUT2D eigenvalue weighted by Gasteiger charge is -2.30. The third-order valence-corrected chi connectivity index (χ3v) is 3.87. The molecule has 1 unspecified atom stereocenters. The summed E-state index contributed by atoms with van der Waals surface area (Å²) >= 11 is 0. The zero-order chi connectivity index (χ0) is 18.9. The van der Waals surface area contributed by atoms with Gasteiger partial charge in [-0.1, -0.05) is 12.1 Å². The molecule has 1 aliphatic rings. The van der Waals surface area contributed by atoms with Crippen LogP contribution in [-0.2, 0) is 16.5 Å². The Balaban J connectivity index is 1.80. The van der Waals surface area contributed by atoms with Gasteiger partial charge in [0.25, 0.3) is 5.91 Å². The van der Waals surface area contributed by atoms with Gasteiger partial charge in [-0.15, -0.1) is 0 Å². The van der Waals surface area contributed by atoms with E-state index >= 15 is 0 Å². The summed E-state index contributed by atoms with van der Waals surface area (Å²) < 4.78 is 47.7. The molecule has 26 heavy (non-hydrogen) atoms. The first-order valence-corrected chi connectivity index (χ1v) is 7.68. The minimum Gasteiger partial charge on any atom is -0.446 e. The first kappa shape index (κ1) is 18.0. The second-order valence-electron chi connectivity index (χ2n) is 6.07. The minimum absolute atomic E-state index is 0.256. The predicted molar refractivity (Wildman–Crippen MR) is 87.9 cm³/mol. The van der Waals surface area contributed by atoms with Crippen molar-refractivity contribution in [3.8, 4) is 0 Å². The lowest BCUT2D eigenvalue weighted by molar-refractivity contribution is -0.153. The number of benzene rings is 1. The summed E-state index contributed by atoms with van der Waals surface area (Å²) in [6.07, 6.45) is -4.65. The SMILES string of the molecule is CC1(c2cccc(NC(=O)c3ccc(C(F)(F)F)o3)c2)COCC(N)=N1. The smallest absolute Gasteiger partial charge is 0.446 e. The third kappa shape index (κ3) is 3.72. The maximum atomic E-state index is 12.6. The van der Waals surface area contributed by atoms with Gasteiger partial charge >= 0.3 is 6.18 Å². The second-order valence-corrected chi connectivity index (χ2v) is 6.07. The van der Waals surface area contributed by atoms with Crippen LogP contribution in [0, 0.1) is 0 Å². The number of nitrogens with two attached hydrogens (primary N) is 1. The summed E-state index contributed by atoms with van der Waals surface area (Å²) in [4.78, 5) is 16.5. The molecule has 9 heteroatoms. The van der Waals surface area contributed by atoms with Crippen LogP contribution in [0.2, 0.25) is 0 Å². The Bertz CT molecular complexity index is 860. The Morgan fingerprint density at radius 3 is 2.73 bits per heavy atom. The Kier molecular flexibility index (Phi) is 4.49. The molecule has 0 bridgehead atoms. The Labute approximate surface area is 146 Å². The Hall–Kier alpha value is -2.81. The number of hydrogen-bond acceptors (Lipinski definition) is 5. The summed E-state index contributed by atoms with van der Waals surface area (Å²) in [5, 5.41) is 2.51. The van der Waals surface area contributed by atoms with Crippen molar-refractivity contribution in [3.05, 3.63) is 53.5 Å². The molecule has 3 N–H and O–H groups in total. The van der Waals surface area contributed by atoms with Crippen LogP contribution in [-0.4, -0.2) is 25.0 Å². The molecule has 2 aromatic rings. The number of furan rings is 1. The molecule has 0 aliphatic carbocycles. The normalized spacial score (nSPS) is 20.5. The highest BCUT2D eigenvalue weighted by molar-refractivity contribution is 6.02. The number of aliphatic imine (C=N–C) groups is 1. The average Bonchev–Trinajstić information content (AvgIpc) is 3.05. The second kappa shape index (κ2) is 6.49. The van der Waals surface area contributed by atoms with Crippen LogP contribution in [0.15, 0.2) is 45.8 Å². The molecule has 138 valence electrons. The molecule has 0 radical (unpaired) electrons. The van der Waals surface area contributed by atoms with Crippen molar-refractivity contribution in [2.75, 3.05) is 18.5 Å². The summed E-state index contributed by atoms with van der Waals surface area (Å²) in [6, 6.07) is 8.45. The fourth-order valence-electron chi connectivity index (χ4n) is 2.62. The molecule has 0 saturated carbocycles. The number of amides is 1. The quantitative estimate of drug-likeness (QED) is 0.872. The van der Waals surface area contributed by atoms with Crippen LogP contribution in [0.4, 0.5) is 18.9 Å². The summed E-state index contributed by atoms with van der Waals surface area (Å²) in [7, 11) is 0. The van der Waals surface area contributed by atoms with E-state index in [4.69, 9.17) is 10.5 Å². The molecule has 1 aromatic carbocycles. The van der Waals surface area contributed by atoms with Crippen molar-refractivity contribution in [1.29, 1.82) is 0 Å². The number of anilines is 1. The van der Waals surface area contributed by atoms with Crippen LogP contribution in [0.1, 0.15) is 28.8 Å². The molecule has 6 nitrogen and oxygen atoms in total. The molecule has 2 heterocycles. The highest BCUT2D eigenvalue weighted by Gasteiger charge is 2.35. The molecular weight excluding hydrogens is 351 g/mol. The van der Waals surface area contributed by atoms with Crippen LogP contribution in [0.3, 0.4) is 0 Å². The van der Waals surface area contributed by atoms with Gasteiger partial charge in [0.2, 0.25) is 5.76 Å². The Morgan fingerprint density at radius 1 is 1.31 bits per heavy atom. The molecule has 0 fully saturated rings. The monoisotopic (exact) mass is 367 g/mol. The van der Waals surface area contributed by atoms with Gasteiger partial charge in [0.05, 0.1) is 6.61 Å². The maximum Gasteiger partial charge on any atom is 0.449 e. The zero-order valence-corrected chi connectivity index (χ0v) is 13.8. The molecular formula is C17H16F3N3O3. The van der Waals surface area contributed by atoms with Gasteiger partial charge in [-0.3, -0.25) is 9.79 Å². The van der Waals surface area contributed by atoms with Crippen molar-refractivity contribution in [2.24, 2.45) is 10.7 Å². The fourth-order valence-corrected chi connectivity index (χ4v) is 2.62. The number of rotatable bonds is 3. The number of halogens is 3. The largest absolute Gasteiger partial charge is 0.449 e. The standard InChI is InChI=1S/C17H16F3N3O3/c1-16(9-25-8-14(21)23-16)10-3-2-4-11(7-10)22-15(24)12-5-6-13(26-12)17(18,19)20/h2-7H,8-9H2,1H3,(H2,21,23)(H,22,24). The van der Waals surface area contributed by atoms with E-state index < -0.39 is 29.1 Å². The van der Waals surface area contributed by atoms with Crippen molar-refractivity contribution < 1.29 is 27.1 Å².